The van der Waals surface area contributed by atoms with Crippen LogP contribution in [0.5, 0.6) is 5.75 Å². The number of hydrogen-bond acceptors (Lipinski definition) is 7. The molecule has 1 amide bonds. The number of pyridine rings is 2. The number of methoxy groups -OCH3 is 1. The number of benzene rings is 1. The normalized spacial score (nSPS) is 17.1. The van der Waals surface area contributed by atoms with E-state index in [2.05, 4.69) is 9.97 Å². The molecule has 2 atom stereocenters. The third-order valence-corrected chi connectivity index (χ3v) is 8.21. The fraction of sp³-hybridized carbons (Fsp3) is 0.441. The summed E-state index contributed by atoms with van der Waals surface area (Å²) in [4.78, 5) is 51.8. The number of rotatable bonds is 5. The minimum Gasteiger partial charge on any atom is -0.496 e. The quantitative estimate of drug-likeness (QED) is 0.237. The highest BCUT2D eigenvalue weighted by atomic mass is 19.1. The number of aryl methyl sites for hydroxylation is 1. The highest BCUT2D eigenvalue weighted by Gasteiger charge is 2.35. The molecule has 4 heterocycles. The van der Waals surface area contributed by atoms with Gasteiger partial charge in [-0.05, 0) is 77.1 Å². The number of likely N-dealkylation sites (tertiary alicyclic amines) is 1. The Kier molecular flexibility index (Phi) is 8.76. The lowest BCUT2D eigenvalue weighted by molar-refractivity contribution is 0.00787. The molecule has 0 bridgehead atoms. The average Bonchev–Trinajstić information content (AvgIpc) is 2.97. The summed E-state index contributed by atoms with van der Waals surface area (Å²) in [6.07, 6.45) is 1.74. The molecule has 1 unspecified atom stereocenters. The van der Waals surface area contributed by atoms with Crippen LogP contribution in [-0.4, -0.2) is 55.4 Å². The highest BCUT2D eigenvalue weighted by Crippen LogP contribution is 2.36. The molecule has 46 heavy (non-hydrogen) atoms. The van der Waals surface area contributed by atoms with Crippen molar-refractivity contribution < 1.29 is 23.0 Å². The Labute approximate surface area is 265 Å². The first kappa shape index (κ1) is 32.8. The van der Waals surface area contributed by atoms with Crippen LogP contribution in [0.15, 0.2) is 46.1 Å². The van der Waals surface area contributed by atoms with E-state index >= 15 is 8.78 Å². The van der Waals surface area contributed by atoms with Gasteiger partial charge in [-0.2, -0.15) is 0 Å². The molecule has 3 aromatic heterocycles. The van der Waals surface area contributed by atoms with Gasteiger partial charge in [-0.1, -0.05) is 19.9 Å². The molecule has 0 saturated carbocycles. The van der Waals surface area contributed by atoms with Gasteiger partial charge in [0.2, 0.25) is 0 Å². The van der Waals surface area contributed by atoms with Crippen molar-refractivity contribution >= 4 is 17.3 Å². The van der Waals surface area contributed by atoms with Gasteiger partial charge in [0.25, 0.3) is 0 Å². The Hall–Kier alpha value is -4.61. The van der Waals surface area contributed by atoms with Crippen LogP contribution in [0, 0.1) is 18.6 Å². The summed E-state index contributed by atoms with van der Waals surface area (Å²) in [5, 5.41) is 0. The zero-order valence-corrected chi connectivity index (χ0v) is 27.4. The number of carbonyl (C=O) groups is 1. The summed E-state index contributed by atoms with van der Waals surface area (Å²) in [7, 11) is 1.34. The number of halogens is 2. The van der Waals surface area contributed by atoms with Crippen molar-refractivity contribution in [3.05, 3.63) is 80.1 Å². The van der Waals surface area contributed by atoms with Crippen LogP contribution in [0.25, 0.3) is 28.1 Å². The minimum absolute atomic E-state index is 0.0356. The maximum atomic E-state index is 16.1. The summed E-state index contributed by atoms with van der Waals surface area (Å²) in [6, 6.07) is 5.99. The second kappa shape index (κ2) is 12.3. The summed E-state index contributed by atoms with van der Waals surface area (Å²) >= 11 is 0. The van der Waals surface area contributed by atoms with Crippen LogP contribution in [0.3, 0.4) is 0 Å². The Balaban J connectivity index is 1.79. The standard InChI is InChI=1S/C34H39F2N5O5/c1-18(2)27-29(19(3)12-14-37-27)41-30-24(17-23(36)28(38-30)26-22(35)10-9-11-25(26)45-8)40(31(42)32(41)43)21-13-15-39(20(4)16-21)33(44)46-34(5,6)7/h9-12,14,17-18,20-21H,13,15-16H2,1-8H3/t20-,21?/m1/s1. The molecule has 10 nitrogen and oxygen atoms in total. The Morgan fingerprint density at radius 2 is 1.80 bits per heavy atom. The van der Waals surface area contributed by atoms with Crippen LogP contribution >= 0.6 is 0 Å². The topological polar surface area (TPSA) is 109 Å². The monoisotopic (exact) mass is 635 g/mol. The third kappa shape index (κ3) is 5.88. The second-order valence-corrected chi connectivity index (χ2v) is 13.0. The fourth-order valence-electron chi connectivity index (χ4n) is 6.12. The molecule has 4 aromatic rings. The molecule has 1 aromatic carbocycles. The predicted molar refractivity (Wildman–Crippen MR) is 171 cm³/mol. The fourth-order valence-corrected chi connectivity index (χ4v) is 6.12. The van der Waals surface area contributed by atoms with E-state index in [-0.39, 0.29) is 46.7 Å². The van der Waals surface area contributed by atoms with Crippen molar-refractivity contribution in [2.75, 3.05) is 13.7 Å². The highest BCUT2D eigenvalue weighted by molar-refractivity contribution is 5.80. The van der Waals surface area contributed by atoms with Crippen molar-refractivity contribution in [2.24, 2.45) is 0 Å². The zero-order chi connectivity index (χ0) is 33.7. The molecule has 244 valence electrons. The molecule has 12 heteroatoms. The number of piperidine rings is 1. The first-order valence-electron chi connectivity index (χ1n) is 15.3. The number of aromatic nitrogens is 4. The number of fused-ring (bicyclic) bond motifs is 1. The molecular weight excluding hydrogens is 596 g/mol. The minimum atomic E-state index is -0.904. The van der Waals surface area contributed by atoms with Crippen molar-refractivity contribution in [1.82, 2.24) is 24.0 Å². The van der Waals surface area contributed by atoms with E-state index in [1.54, 1.807) is 44.9 Å². The number of ether oxygens (including phenoxy) is 2. The number of carbonyl (C=O) groups excluding carboxylic acids is 1. The van der Waals surface area contributed by atoms with Crippen molar-refractivity contribution in [3.8, 4) is 22.7 Å². The summed E-state index contributed by atoms with van der Waals surface area (Å²) in [6.45, 7) is 13.0. The van der Waals surface area contributed by atoms with Crippen molar-refractivity contribution in [3.63, 3.8) is 0 Å². The van der Waals surface area contributed by atoms with E-state index < -0.39 is 40.5 Å². The molecule has 1 saturated heterocycles. The zero-order valence-electron chi connectivity index (χ0n) is 27.4. The van der Waals surface area contributed by atoms with Crippen LogP contribution < -0.4 is 15.9 Å². The Morgan fingerprint density at radius 1 is 1.09 bits per heavy atom. The van der Waals surface area contributed by atoms with Gasteiger partial charge in [0.1, 0.15) is 22.9 Å². The maximum Gasteiger partial charge on any atom is 0.410 e. The maximum absolute atomic E-state index is 16.1. The lowest BCUT2D eigenvalue weighted by Gasteiger charge is -2.39. The van der Waals surface area contributed by atoms with Crippen LogP contribution in [0.2, 0.25) is 0 Å². The van der Waals surface area contributed by atoms with E-state index in [1.165, 1.54) is 34.4 Å². The largest absolute Gasteiger partial charge is 0.496 e. The van der Waals surface area contributed by atoms with E-state index in [4.69, 9.17) is 9.47 Å². The number of hydrogen-bond donors (Lipinski definition) is 0. The second-order valence-electron chi connectivity index (χ2n) is 13.0. The molecule has 0 N–H and O–H groups in total. The van der Waals surface area contributed by atoms with E-state index in [0.29, 0.717) is 29.8 Å². The molecule has 5 rings (SSSR count). The van der Waals surface area contributed by atoms with Crippen LogP contribution in [0.4, 0.5) is 13.6 Å². The van der Waals surface area contributed by atoms with Gasteiger partial charge < -0.3 is 14.4 Å². The van der Waals surface area contributed by atoms with E-state index in [1.807, 2.05) is 20.8 Å². The van der Waals surface area contributed by atoms with Gasteiger partial charge in [0.05, 0.1) is 29.6 Å². The van der Waals surface area contributed by atoms with Crippen molar-refractivity contribution in [2.45, 2.75) is 84.9 Å². The third-order valence-electron chi connectivity index (χ3n) is 8.21. The van der Waals surface area contributed by atoms with Crippen LogP contribution in [0.1, 0.15) is 77.6 Å². The van der Waals surface area contributed by atoms with Gasteiger partial charge in [-0.3, -0.25) is 23.7 Å². The summed E-state index contributed by atoms with van der Waals surface area (Å²) in [5.41, 5.74) is -1.49. The summed E-state index contributed by atoms with van der Waals surface area (Å²) < 4.78 is 44.7. The Morgan fingerprint density at radius 3 is 2.43 bits per heavy atom. The summed E-state index contributed by atoms with van der Waals surface area (Å²) in [5.74, 6) is -1.77. The molecule has 0 radical (unpaired) electrons. The van der Waals surface area contributed by atoms with Gasteiger partial charge in [-0.25, -0.2) is 18.6 Å². The molecular formula is C34H39F2N5O5. The lowest BCUT2D eigenvalue weighted by atomic mass is 9.98. The van der Waals surface area contributed by atoms with E-state index in [9.17, 15) is 14.4 Å². The molecule has 1 aliphatic rings. The average molecular weight is 636 g/mol. The smallest absolute Gasteiger partial charge is 0.410 e. The number of nitrogens with zero attached hydrogens (tertiary/aromatic N) is 5. The Bertz CT molecular complexity index is 1950. The van der Waals surface area contributed by atoms with Crippen LogP contribution in [-0.2, 0) is 4.74 Å². The first-order chi connectivity index (χ1) is 21.6. The van der Waals surface area contributed by atoms with Crippen molar-refractivity contribution in [1.29, 1.82) is 0 Å². The first-order valence-corrected chi connectivity index (χ1v) is 15.3. The molecule has 1 fully saturated rings. The molecule has 1 aliphatic heterocycles. The SMILES string of the molecule is COc1cccc(F)c1-c1nc2c(cc1F)n(C1CCN(C(=O)OC(C)(C)C)[C@H](C)C1)c(=O)c(=O)n2-c1c(C)ccnc1C(C)C. The van der Waals surface area contributed by atoms with Gasteiger partial charge in [-0.15, -0.1) is 0 Å². The lowest BCUT2D eigenvalue weighted by Crippen LogP contribution is -2.50. The van der Waals surface area contributed by atoms with E-state index in [0.717, 1.165) is 6.07 Å². The van der Waals surface area contributed by atoms with Gasteiger partial charge in [0, 0.05) is 30.9 Å². The molecule has 0 aliphatic carbocycles. The number of amides is 1. The van der Waals surface area contributed by atoms with Gasteiger partial charge >= 0.3 is 17.2 Å². The predicted octanol–water partition coefficient (Wildman–Crippen LogP) is 6.29. The van der Waals surface area contributed by atoms with Gasteiger partial charge in [0.15, 0.2) is 11.5 Å². The molecule has 0 spiro atoms.